The van der Waals surface area contributed by atoms with E-state index >= 15 is 0 Å². The Morgan fingerprint density at radius 1 is 1.15 bits per heavy atom. The van der Waals surface area contributed by atoms with Crippen LogP contribution in [0.3, 0.4) is 0 Å². The highest BCUT2D eigenvalue weighted by Gasteiger charge is 2.27. The van der Waals surface area contributed by atoms with Crippen LogP contribution in [0.25, 0.3) is 0 Å². The van der Waals surface area contributed by atoms with Crippen molar-refractivity contribution in [3.8, 4) is 0 Å². The lowest BCUT2D eigenvalue weighted by molar-refractivity contribution is -0.134. The zero-order chi connectivity index (χ0) is 19.3. The minimum Gasteiger partial charge on any atom is -0.444 e. The van der Waals surface area contributed by atoms with Crippen LogP contribution in [0, 0.1) is 6.92 Å². The van der Waals surface area contributed by atoms with E-state index in [9.17, 15) is 14.4 Å². The van der Waals surface area contributed by atoms with E-state index in [4.69, 9.17) is 9.26 Å². The molecule has 9 nitrogen and oxygen atoms in total. The van der Waals surface area contributed by atoms with E-state index in [-0.39, 0.29) is 30.7 Å². The van der Waals surface area contributed by atoms with Crippen LogP contribution < -0.4 is 5.32 Å². The maximum Gasteiger partial charge on any atom is 0.410 e. The number of ether oxygens (including phenoxy) is 1. The summed E-state index contributed by atoms with van der Waals surface area (Å²) in [6.45, 7) is 8.88. The molecular weight excluding hydrogens is 340 g/mol. The molecule has 1 aliphatic rings. The summed E-state index contributed by atoms with van der Waals surface area (Å²) in [5.41, 5.74) is -0.542. The highest BCUT2D eigenvalue weighted by molar-refractivity contribution is 5.92. The number of anilines is 1. The molecule has 2 rings (SSSR count). The number of nitrogens with one attached hydrogen (secondary N) is 1. The zero-order valence-corrected chi connectivity index (χ0v) is 15.7. The fourth-order valence-corrected chi connectivity index (χ4v) is 2.47. The molecule has 0 aromatic carbocycles. The van der Waals surface area contributed by atoms with Gasteiger partial charge in [0.05, 0.1) is 0 Å². The summed E-state index contributed by atoms with van der Waals surface area (Å²) in [6, 6.07) is 1.61. The predicted octanol–water partition coefficient (Wildman–Crippen LogP) is 1.78. The summed E-state index contributed by atoms with van der Waals surface area (Å²) in [6.07, 6.45) is -0.196. The number of rotatable bonds is 4. The molecule has 0 atom stereocenters. The Labute approximate surface area is 152 Å². The van der Waals surface area contributed by atoms with Crippen LogP contribution in [0.15, 0.2) is 10.6 Å². The van der Waals surface area contributed by atoms with Gasteiger partial charge in [0.15, 0.2) is 5.82 Å². The van der Waals surface area contributed by atoms with Crippen molar-refractivity contribution < 1.29 is 23.6 Å². The molecule has 0 bridgehead atoms. The Morgan fingerprint density at radius 3 is 2.31 bits per heavy atom. The minimum atomic E-state index is -0.542. The number of aryl methyl sites for hydroxylation is 1. The molecule has 26 heavy (non-hydrogen) atoms. The van der Waals surface area contributed by atoms with Crippen LogP contribution in [-0.4, -0.2) is 64.6 Å². The van der Waals surface area contributed by atoms with Gasteiger partial charge in [-0.1, -0.05) is 5.16 Å². The van der Waals surface area contributed by atoms with Crippen LogP contribution in [0.1, 0.15) is 39.4 Å². The quantitative estimate of drug-likeness (QED) is 0.871. The lowest BCUT2D eigenvalue weighted by Crippen LogP contribution is -2.51. The van der Waals surface area contributed by atoms with Crippen molar-refractivity contribution in [1.29, 1.82) is 0 Å². The molecule has 1 aromatic rings. The van der Waals surface area contributed by atoms with Crippen LogP contribution >= 0.6 is 0 Å². The minimum absolute atomic E-state index is 0.0665. The average molecular weight is 366 g/mol. The maximum absolute atomic E-state index is 12.2. The highest BCUT2D eigenvalue weighted by atomic mass is 16.6. The van der Waals surface area contributed by atoms with Gasteiger partial charge in [0.25, 0.3) is 0 Å². The fourth-order valence-electron chi connectivity index (χ4n) is 2.47. The van der Waals surface area contributed by atoms with Gasteiger partial charge in [0.1, 0.15) is 11.4 Å². The van der Waals surface area contributed by atoms with Crippen molar-refractivity contribution in [2.24, 2.45) is 0 Å². The molecule has 2 heterocycles. The van der Waals surface area contributed by atoms with E-state index in [1.807, 2.05) is 20.8 Å². The van der Waals surface area contributed by atoms with E-state index in [1.54, 1.807) is 22.8 Å². The maximum atomic E-state index is 12.2. The first-order valence-electron chi connectivity index (χ1n) is 8.63. The topological polar surface area (TPSA) is 105 Å². The smallest absolute Gasteiger partial charge is 0.410 e. The van der Waals surface area contributed by atoms with Gasteiger partial charge >= 0.3 is 6.09 Å². The molecule has 0 aliphatic carbocycles. The molecule has 1 fully saturated rings. The summed E-state index contributed by atoms with van der Waals surface area (Å²) in [4.78, 5) is 39.4. The molecule has 0 spiro atoms. The molecule has 0 saturated carbocycles. The van der Waals surface area contributed by atoms with E-state index in [0.717, 1.165) is 0 Å². The van der Waals surface area contributed by atoms with Crippen LogP contribution in [0.5, 0.6) is 0 Å². The van der Waals surface area contributed by atoms with Gasteiger partial charge in [-0.3, -0.25) is 9.59 Å². The largest absolute Gasteiger partial charge is 0.444 e. The molecular formula is C17H26N4O5. The Balaban J connectivity index is 1.71. The monoisotopic (exact) mass is 366 g/mol. The predicted molar refractivity (Wildman–Crippen MR) is 93.5 cm³/mol. The number of hydrogen-bond acceptors (Lipinski definition) is 6. The van der Waals surface area contributed by atoms with Crippen LogP contribution in [0.2, 0.25) is 0 Å². The fraction of sp³-hybridized carbons (Fsp3) is 0.647. The number of aromatic nitrogens is 1. The SMILES string of the molecule is Cc1cc(NC(=O)CCC(=O)N2CCN(C(=O)OC(C)(C)C)CC2)no1. The average Bonchev–Trinajstić information content (AvgIpc) is 2.96. The third-order valence-corrected chi connectivity index (χ3v) is 3.75. The van der Waals surface area contributed by atoms with E-state index in [0.29, 0.717) is 37.8 Å². The number of hydrogen-bond donors (Lipinski definition) is 1. The normalized spacial score (nSPS) is 14.9. The third kappa shape index (κ3) is 6.05. The summed E-state index contributed by atoms with van der Waals surface area (Å²) < 4.78 is 10.2. The molecule has 1 saturated heterocycles. The van der Waals surface area contributed by atoms with Gasteiger partial charge in [0.2, 0.25) is 11.8 Å². The van der Waals surface area contributed by atoms with Gasteiger partial charge in [-0.2, -0.15) is 0 Å². The van der Waals surface area contributed by atoms with Crippen molar-refractivity contribution in [2.45, 2.75) is 46.1 Å². The van der Waals surface area contributed by atoms with E-state index in [1.165, 1.54) is 0 Å². The third-order valence-electron chi connectivity index (χ3n) is 3.75. The first kappa shape index (κ1) is 19.7. The lowest BCUT2D eigenvalue weighted by atomic mass is 10.2. The van der Waals surface area contributed by atoms with Crippen molar-refractivity contribution in [3.63, 3.8) is 0 Å². The van der Waals surface area contributed by atoms with Gasteiger partial charge in [0, 0.05) is 45.1 Å². The van der Waals surface area contributed by atoms with Crippen molar-refractivity contribution in [3.05, 3.63) is 11.8 Å². The molecule has 144 valence electrons. The molecule has 0 unspecified atom stereocenters. The second kappa shape index (κ2) is 8.20. The first-order chi connectivity index (χ1) is 12.1. The molecule has 9 heteroatoms. The number of carbonyl (C=O) groups is 3. The lowest BCUT2D eigenvalue weighted by Gasteiger charge is -2.35. The molecule has 3 amide bonds. The zero-order valence-electron chi connectivity index (χ0n) is 15.7. The Bertz CT molecular complexity index is 656. The Morgan fingerprint density at radius 2 is 1.77 bits per heavy atom. The van der Waals surface area contributed by atoms with E-state index < -0.39 is 5.60 Å². The van der Waals surface area contributed by atoms with Gasteiger partial charge in [-0.25, -0.2) is 4.79 Å². The number of nitrogens with zero attached hydrogens (tertiary/aromatic N) is 3. The van der Waals surface area contributed by atoms with Gasteiger partial charge < -0.3 is 24.4 Å². The van der Waals surface area contributed by atoms with Crippen LogP contribution in [-0.2, 0) is 14.3 Å². The van der Waals surface area contributed by atoms with Crippen molar-refractivity contribution in [2.75, 3.05) is 31.5 Å². The Hall–Kier alpha value is -2.58. The van der Waals surface area contributed by atoms with Gasteiger partial charge in [-0.05, 0) is 27.7 Å². The van der Waals surface area contributed by atoms with E-state index in [2.05, 4.69) is 10.5 Å². The molecule has 1 N–H and O–H groups in total. The van der Waals surface area contributed by atoms with Gasteiger partial charge in [-0.15, -0.1) is 0 Å². The number of carbonyl (C=O) groups excluding carboxylic acids is 3. The second-order valence-electron chi connectivity index (χ2n) is 7.22. The molecule has 1 aromatic heterocycles. The number of piperazine rings is 1. The Kier molecular flexibility index (Phi) is 6.23. The standard InChI is InChI=1S/C17H26N4O5/c1-12-11-13(19-26-12)18-14(22)5-6-15(23)20-7-9-21(10-8-20)16(24)25-17(2,3)4/h11H,5-10H2,1-4H3,(H,18,19,22). The summed E-state index contributed by atoms with van der Waals surface area (Å²) in [5, 5.41) is 6.25. The van der Waals surface area contributed by atoms with Crippen LogP contribution in [0.4, 0.5) is 10.6 Å². The summed E-state index contributed by atoms with van der Waals surface area (Å²) in [5.74, 6) is 0.532. The number of amides is 3. The summed E-state index contributed by atoms with van der Waals surface area (Å²) >= 11 is 0. The first-order valence-corrected chi connectivity index (χ1v) is 8.63. The summed E-state index contributed by atoms with van der Waals surface area (Å²) in [7, 11) is 0. The van der Waals surface area contributed by atoms with Crippen molar-refractivity contribution in [1.82, 2.24) is 15.0 Å². The highest BCUT2D eigenvalue weighted by Crippen LogP contribution is 2.13. The van der Waals surface area contributed by atoms with Crippen molar-refractivity contribution >= 4 is 23.7 Å². The molecule has 0 radical (unpaired) electrons. The molecule has 1 aliphatic heterocycles. The second-order valence-corrected chi connectivity index (χ2v) is 7.22.